The molecule has 100 valence electrons. The Kier molecular flexibility index (Phi) is 3.70. The summed E-state index contributed by atoms with van der Waals surface area (Å²) in [5.74, 6) is 0.734. The molecule has 0 atom stereocenters. The summed E-state index contributed by atoms with van der Waals surface area (Å²) in [7, 11) is 0. The van der Waals surface area contributed by atoms with Gasteiger partial charge in [0.2, 0.25) is 0 Å². The first-order valence-electron chi connectivity index (χ1n) is 5.86. The van der Waals surface area contributed by atoms with Gasteiger partial charge in [0.05, 0.1) is 5.69 Å². The second kappa shape index (κ2) is 5.43. The zero-order valence-corrected chi connectivity index (χ0v) is 10.9. The van der Waals surface area contributed by atoms with Crippen LogP contribution in [0, 0.1) is 13.8 Å². The van der Waals surface area contributed by atoms with Gasteiger partial charge in [0, 0.05) is 11.3 Å². The SMILES string of the molecule is Cc1[nH]nc(NC(=O)COc2ccccc2N)c1C. The number of hydrogen-bond acceptors (Lipinski definition) is 4. The highest BCUT2D eigenvalue weighted by atomic mass is 16.5. The Morgan fingerprint density at radius 1 is 1.42 bits per heavy atom. The van der Waals surface area contributed by atoms with Gasteiger partial charge in [-0.25, -0.2) is 0 Å². The molecule has 0 saturated carbocycles. The molecule has 19 heavy (non-hydrogen) atoms. The van der Waals surface area contributed by atoms with Crippen LogP contribution in [0.25, 0.3) is 0 Å². The molecule has 0 spiro atoms. The molecule has 1 amide bonds. The van der Waals surface area contributed by atoms with Crippen LogP contribution in [-0.2, 0) is 4.79 Å². The number of amides is 1. The number of carbonyl (C=O) groups excluding carboxylic acids is 1. The van der Waals surface area contributed by atoms with Crippen molar-refractivity contribution < 1.29 is 9.53 Å². The second-order valence-corrected chi connectivity index (χ2v) is 4.20. The van der Waals surface area contributed by atoms with E-state index in [-0.39, 0.29) is 12.5 Å². The van der Waals surface area contributed by atoms with Gasteiger partial charge in [-0.2, -0.15) is 5.10 Å². The number of nitrogen functional groups attached to an aromatic ring is 1. The average Bonchev–Trinajstić information content (AvgIpc) is 2.70. The minimum Gasteiger partial charge on any atom is -0.482 e. The number of aromatic nitrogens is 2. The van der Waals surface area contributed by atoms with Crippen LogP contribution in [0.2, 0.25) is 0 Å². The zero-order valence-electron chi connectivity index (χ0n) is 10.9. The number of nitrogens with zero attached hydrogens (tertiary/aromatic N) is 1. The highest BCUT2D eigenvalue weighted by Crippen LogP contribution is 2.19. The van der Waals surface area contributed by atoms with Gasteiger partial charge in [0.1, 0.15) is 5.75 Å². The Labute approximate surface area is 111 Å². The monoisotopic (exact) mass is 260 g/mol. The number of anilines is 2. The molecular weight excluding hydrogens is 244 g/mol. The number of para-hydroxylation sites is 2. The molecule has 2 rings (SSSR count). The number of nitrogens with two attached hydrogens (primary N) is 1. The Hall–Kier alpha value is -2.50. The molecule has 6 heteroatoms. The molecule has 4 N–H and O–H groups in total. The summed E-state index contributed by atoms with van der Waals surface area (Å²) in [4.78, 5) is 11.7. The summed E-state index contributed by atoms with van der Waals surface area (Å²) in [5, 5.41) is 9.46. The normalized spacial score (nSPS) is 10.2. The second-order valence-electron chi connectivity index (χ2n) is 4.20. The Balaban J connectivity index is 1.92. The maximum Gasteiger partial charge on any atom is 0.263 e. The standard InChI is InChI=1S/C13H16N4O2/c1-8-9(2)16-17-13(8)15-12(18)7-19-11-6-4-3-5-10(11)14/h3-6H,7,14H2,1-2H3,(H2,15,16,17,18). The maximum absolute atomic E-state index is 11.7. The molecule has 0 fully saturated rings. The van der Waals surface area contributed by atoms with Crippen molar-refractivity contribution in [2.75, 3.05) is 17.7 Å². The molecule has 1 aromatic carbocycles. The van der Waals surface area contributed by atoms with E-state index in [9.17, 15) is 4.79 Å². The van der Waals surface area contributed by atoms with Gasteiger partial charge in [0.25, 0.3) is 5.91 Å². The number of benzene rings is 1. The number of carbonyl (C=O) groups is 1. The first-order chi connectivity index (χ1) is 9.08. The fourth-order valence-electron chi connectivity index (χ4n) is 1.53. The number of ether oxygens (including phenoxy) is 1. The first-order valence-corrected chi connectivity index (χ1v) is 5.86. The number of aryl methyl sites for hydroxylation is 1. The Morgan fingerprint density at radius 2 is 2.16 bits per heavy atom. The fourth-order valence-corrected chi connectivity index (χ4v) is 1.53. The zero-order chi connectivity index (χ0) is 13.8. The lowest BCUT2D eigenvalue weighted by atomic mass is 10.3. The number of rotatable bonds is 4. The lowest BCUT2D eigenvalue weighted by Gasteiger charge is -2.08. The van der Waals surface area contributed by atoms with Gasteiger partial charge < -0.3 is 15.8 Å². The van der Waals surface area contributed by atoms with Crippen molar-refractivity contribution in [3.63, 3.8) is 0 Å². The van der Waals surface area contributed by atoms with E-state index in [1.165, 1.54) is 0 Å². The Morgan fingerprint density at radius 3 is 2.79 bits per heavy atom. The fraction of sp³-hybridized carbons (Fsp3) is 0.231. The molecule has 0 saturated heterocycles. The largest absolute Gasteiger partial charge is 0.482 e. The third-order valence-electron chi connectivity index (χ3n) is 2.79. The first kappa shape index (κ1) is 12.9. The van der Waals surface area contributed by atoms with Crippen LogP contribution in [0.4, 0.5) is 11.5 Å². The number of aromatic amines is 1. The predicted molar refractivity (Wildman–Crippen MR) is 73.0 cm³/mol. The lowest BCUT2D eigenvalue weighted by molar-refractivity contribution is -0.118. The minimum absolute atomic E-state index is 0.112. The van der Waals surface area contributed by atoms with Crippen LogP contribution >= 0.6 is 0 Å². The van der Waals surface area contributed by atoms with Crippen molar-refractivity contribution in [1.82, 2.24) is 10.2 Å². The minimum atomic E-state index is -0.280. The van der Waals surface area contributed by atoms with Gasteiger partial charge in [-0.05, 0) is 26.0 Å². The average molecular weight is 260 g/mol. The van der Waals surface area contributed by atoms with Crippen molar-refractivity contribution in [2.45, 2.75) is 13.8 Å². The van der Waals surface area contributed by atoms with Gasteiger partial charge in [-0.3, -0.25) is 9.89 Å². The molecule has 1 aromatic heterocycles. The summed E-state index contributed by atoms with van der Waals surface area (Å²) in [6.45, 7) is 3.66. The van der Waals surface area contributed by atoms with E-state index in [0.29, 0.717) is 17.3 Å². The molecule has 1 heterocycles. The van der Waals surface area contributed by atoms with Crippen molar-refractivity contribution in [3.8, 4) is 5.75 Å². The summed E-state index contributed by atoms with van der Waals surface area (Å²) in [6, 6.07) is 7.03. The quantitative estimate of drug-likeness (QED) is 0.728. The summed E-state index contributed by atoms with van der Waals surface area (Å²) >= 11 is 0. The van der Waals surface area contributed by atoms with Gasteiger partial charge in [-0.15, -0.1) is 0 Å². The van der Waals surface area contributed by atoms with Crippen molar-refractivity contribution in [3.05, 3.63) is 35.5 Å². The molecule has 0 aliphatic rings. The maximum atomic E-state index is 11.7. The highest BCUT2D eigenvalue weighted by Gasteiger charge is 2.10. The van der Waals surface area contributed by atoms with E-state index >= 15 is 0 Å². The number of hydrogen-bond donors (Lipinski definition) is 3. The lowest BCUT2D eigenvalue weighted by Crippen LogP contribution is -2.21. The third kappa shape index (κ3) is 3.04. The molecule has 0 aliphatic carbocycles. The van der Waals surface area contributed by atoms with E-state index < -0.39 is 0 Å². The van der Waals surface area contributed by atoms with Crippen LogP contribution in [0.1, 0.15) is 11.3 Å². The van der Waals surface area contributed by atoms with Crippen LogP contribution in [0.3, 0.4) is 0 Å². The van der Waals surface area contributed by atoms with Gasteiger partial charge >= 0.3 is 0 Å². The van der Waals surface area contributed by atoms with Gasteiger partial charge in [-0.1, -0.05) is 12.1 Å². The van der Waals surface area contributed by atoms with Crippen molar-refractivity contribution >= 4 is 17.4 Å². The van der Waals surface area contributed by atoms with E-state index in [2.05, 4.69) is 15.5 Å². The summed E-state index contributed by atoms with van der Waals surface area (Å²) in [6.07, 6.45) is 0. The van der Waals surface area contributed by atoms with Crippen LogP contribution in [-0.4, -0.2) is 22.7 Å². The summed E-state index contributed by atoms with van der Waals surface area (Å²) < 4.78 is 5.34. The molecule has 0 unspecified atom stereocenters. The van der Waals surface area contributed by atoms with Crippen molar-refractivity contribution in [2.24, 2.45) is 0 Å². The third-order valence-corrected chi connectivity index (χ3v) is 2.79. The number of H-pyrrole nitrogens is 1. The van der Waals surface area contributed by atoms with E-state index in [0.717, 1.165) is 11.3 Å². The molecular formula is C13H16N4O2. The molecule has 0 bridgehead atoms. The smallest absolute Gasteiger partial charge is 0.263 e. The van der Waals surface area contributed by atoms with Gasteiger partial charge in [0.15, 0.2) is 12.4 Å². The van der Waals surface area contributed by atoms with Crippen LogP contribution in [0.5, 0.6) is 5.75 Å². The van der Waals surface area contributed by atoms with Crippen molar-refractivity contribution in [1.29, 1.82) is 0 Å². The molecule has 0 aliphatic heterocycles. The molecule has 2 aromatic rings. The van der Waals surface area contributed by atoms with Crippen LogP contribution in [0.15, 0.2) is 24.3 Å². The molecule has 6 nitrogen and oxygen atoms in total. The predicted octanol–water partition coefficient (Wildman–Crippen LogP) is 1.63. The number of nitrogens with one attached hydrogen (secondary N) is 2. The van der Waals surface area contributed by atoms with E-state index in [1.54, 1.807) is 24.3 Å². The topological polar surface area (TPSA) is 93.0 Å². The molecule has 0 radical (unpaired) electrons. The highest BCUT2D eigenvalue weighted by molar-refractivity contribution is 5.91. The van der Waals surface area contributed by atoms with Crippen LogP contribution < -0.4 is 15.8 Å². The van der Waals surface area contributed by atoms with E-state index in [1.807, 2.05) is 13.8 Å². The summed E-state index contributed by atoms with van der Waals surface area (Å²) in [5.41, 5.74) is 8.04. The van der Waals surface area contributed by atoms with E-state index in [4.69, 9.17) is 10.5 Å². The Bertz CT molecular complexity index is 592.